The third kappa shape index (κ3) is 2.54. The van der Waals surface area contributed by atoms with Gasteiger partial charge in [-0.25, -0.2) is 0 Å². The summed E-state index contributed by atoms with van der Waals surface area (Å²) in [5, 5.41) is 3.71. The van der Waals surface area contributed by atoms with Crippen molar-refractivity contribution in [2.75, 3.05) is 13.1 Å². The maximum Gasteiger partial charge on any atom is 0.0252 e. The normalized spacial score (nSPS) is 35.4. The Morgan fingerprint density at radius 3 is 2.60 bits per heavy atom. The fourth-order valence-corrected chi connectivity index (χ4v) is 2.79. The fraction of sp³-hybridized carbons (Fsp3) is 1.00. The molecule has 3 atom stereocenters. The van der Waals surface area contributed by atoms with E-state index in [0.29, 0.717) is 0 Å². The molecule has 0 amide bonds. The van der Waals surface area contributed by atoms with Gasteiger partial charge in [0.25, 0.3) is 0 Å². The monoisotopic (exact) mass is 210 g/mol. The first-order valence-corrected chi connectivity index (χ1v) is 6.75. The zero-order chi connectivity index (χ0) is 10.8. The van der Waals surface area contributed by atoms with Gasteiger partial charge in [0.2, 0.25) is 0 Å². The lowest BCUT2D eigenvalue weighted by Crippen LogP contribution is -2.59. The van der Waals surface area contributed by atoms with Gasteiger partial charge < -0.3 is 5.32 Å². The lowest BCUT2D eigenvalue weighted by Gasteiger charge is -2.43. The minimum absolute atomic E-state index is 0.731. The fourth-order valence-electron chi connectivity index (χ4n) is 2.79. The van der Waals surface area contributed by atoms with Crippen LogP contribution in [0.3, 0.4) is 0 Å². The van der Waals surface area contributed by atoms with Crippen LogP contribution in [0.15, 0.2) is 0 Å². The Morgan fingerprint density at radius 2 is 2.07 bits per heavy atom. The number of rotatable bonds is 4. The van der Waals surface area contributed by atoms with Crippen LogP contribution >= 0.6 is 0 Å². The second-order valence-corrected chi connectivity index (χ2v) is 5.37. The summed E-state index contributed by atoms with van der Waals surface area (Å²) in [6.45, 7) is 9.51. The molecule has 1 aliphatic carbocycles. The van der Waals surface area contributed by atoms with Crippen molar-refractivity contribution in [1.29, 1.82) is 0 Å². The van der Waals surface area contributed by atoms with Gasteiger partial charge in [-0.15, -0.1) is 0 Å². The van der Waals surface area contributed by atoms with E-state index >= 15 is 0 Å². The van der Waals surface area contributed by atoms with E-state index in [2.05, 4.69) is 31.0 Å². The second kappa shape index (κ2) is 4.84. The standard InChI is InChI=1S/C13H26N2/c1-4-10(3)15-9-12(5-2)14-8-13(15)11-6-7-11/h10-14H,4-9H2,1-3H3. The summed E-state index contributed by atoms with van der Waals surface area (Å²) in [4.78, 5) is 2.78. The first kappa shape index (κ1) is 11.4. The number of nitrogens with one attached hydrogen (secondary N) is 1. The number of hydrogen-bond acceptors (Lipinski definition) is 2. The molecular formula is C13H26N2. The van der Waals surface area contributed by atoms with E-state index in [0.717, 1.165) is 24.0 Å². The molecule has 2 fully saturated rings. The van der Waals surface area contributed by atoms with Crippen molar-refractivity contribution >= 4 is 0 Å². The average molecular weight is 210 g/mol. The van der Waals surface area contributed by atoms with Crippen LogP contribution in [0.4, 0.5) is 0 Å². The van der Waals surface area contributed by atoms with Gasteiger partial charge in [-0.3, -0.25) is 4.90 Å². The van der Waals surface area contributed by atoms with Crippen LogP contribution in [0.2, 0.25) is 0 Å². The largest absolute Gasteiger partial charge is 0.311 e. The van der Waals surface area contributed by atoms with Crippen molar-refractivity contribution in [3.05, 3.63) is 0 Å². The highest BCUT2D eigenvalue weighted by atomic mass is 15.3. The molecule has 0 radical (unpaired) electrons. The summed E-state index contributed by atoms with van der Waals surface area (Å²) >= 11 is 0. The number of nitrogens with zero attached hydrogens (tertiary/aromatic N) is 1. The average Bonchev–Trinajstić information content (AvgIpc) is 3.11. The molecule has 1 heterocycles. The Hall–Kier alpha value is -0.0800. The summed E-state index contributed by atoms with van der Waals surface area (Å²) in [6, 6.07) is 2.34. The predicted molar refractivity (Wildman–Crippen MR) is 65.1 cm³/mol. The summed E-state index contributed by atoms with van der Waals surface area (Å²) in [5.41, 5.74) is 0. The van der Waals surface area contributed by atoms with Crippen molar-refractivity contribution in [2.45, 2.75) is 64.6 Å². The van der Waals surface area contributed by atoms with E-state index < -0.39 is 0 Å². The van der Waals surface area contributed by atoms with Crippen LogP contribution in [0.25, 0.3) is 0 Å². The van der Waals surface area contributed by atoms with Gasteiger partial charge in [-0.1, -0.05) is 13.8 Å². The molecule has 1 aliphatic heterocycles. The van der Waals surface area contributed by atoms with Gasteiger partial charge in [0.1, 0.15) is 0 Å². The van der Waals surface area contributed by atoms with Gasteiger partial charge >= 0.3 is 0 Å². The Balaban J connectivity index is 1.98. The minimum Gasteiger partial charge on any atom is -0.311 e. The maximum atomic E-state index is 3.71. The summed E-state index contributed by atoms with van der Waals surface area (Å²) in [5.74, 6) is 1.00. The van der Waals surface area contributed by atoms with E-state index in [1.54, 1.807) is 0 Å². The van der Waals surface area contributed by atoms with Gasteiger partial charge in [0.15, 0.2) is 0 Å². The van der Waals surface area contributed by atoms with E-state index in [9.17, 15) is 0 Å². The lowest BCUT2D eigenvalue weighted by molar-refractivity contribution is 0.0733. The van der Waals surface area contributed by atoms with Crippen LogP contribution in [-0.4, -0.2) is 36.1 Å². The van der Waals surface area contributed by atoms with Gasteiger partial charge in [-0.05, 0) is 38.5 Å². The highest BCUT2D eigenvalue weighted by molar-refractivity contribution is 4.96. The summed E-state index contributed by atoms with van der Waals surface area (Å²) in [7, 11) is 0. The van der Waals surface area contributed by atoms with Crippen molar-refractivity contribution in [3.63, 3.8) is 0 Å². The Labute approximate surface area is 94.4 Å². The zero-order valence-corrected chi connectivity index (χ0v) is 10.5. The first-order valence-electron chi connectivity index (χ1n) is 6.75. The molecule has 0 bridgehead atoms. The van der Waals surface area contributed by atoms with E-state index in [4.69, 9.17) is 0 Å². The van der Waals surface area contributed by atoms with Crippen LogP contribution in [-0.2, 0) is 0 Å². The van der Waals surface area contributed by atoms with Crippen molar-refractivity contribution in [1.82, 2.24) is 10.2 Å². The maximum absolute atomic E-state index is 3.71. The van der Waals surface area contributed by atoms with Crippen LogP contribution in [0, 0.1) is 5.92 Å². The van der Waals surface area contributed by atoms with Crippen molar-refractivity contribution < 1.29 is 0 Å². The minimum atomic E-state index is 0.731. The molecule has 1 N–H and O–H groups in total. The molecule has 2 nitrogen and oxygen atoms in total. The van der Waals surface area contributed by atoms with Crippen LogP contribution in [0.1, 0.15) is 46.5 Å². The molecule has 88 valence electrons. The molecule has 2 aliphatic rings. The molecule has 2 heteroatoms. The van der Waals surface area contributed by atoms with E-state index in [1.165, 1.54) is 38.8 Å². The molecule has 1 saturated carbocycles. The molecular weight excluding hydrogens is 184 g/mol. The second-order valence-electron chi connectivity index (χ2n) is 5.37. The molecule has 0 aromatic rings. The number of hydrogen-bond donors (Lipinski definition) is 1. The Morgan fingerprint density at radius 1 is 1.33 bits per heavy atom. The molecule has 1 saturated heterocycles. The van der Waals surface area contributed by atoms with Gasteiger partial charge in [0, 0.05) is 31.2 Å². The molecule has 0 aromatic heterocycles. The predicted octanol–water partition coefficient (Wildman–Crippen LogP) is 2.25. The van der Waals surface area contributed by atoms with Gasteiger partial charge in [-0.2, -0.15) is 0 Å². The quantitative estimate of drug-likeness (QED) is 0.765. The zero-order valence-electron chi connectivity index (χ0n) is 10.5. The van der Waals surface area contributed by atoms with E-state index in [-0.39, 0.29) is 0 Å². The Kier molecular flexibility index (Phi) is 3.68. The lowest BCUT2D eigenvalue weighted by atomic mass is 10.0. The van der Waals surface area contributed by atoms with Crippen LogP contribution in [0.5, 0.6) is 0 Å². The summed E-state index contributed by atoms with van der Waals surface area (Å²) in [6.07, 6.45) is 5.50. The SMILES string of the molecule is CCC1CN(C(C)CC)C(C2CC2)CN1. The highest BCUT2D eigenvalue weighted by Crippen LogP contribution is 2.37. The Bertz CT molecular complexity index is 201. The first-order chi connectivity index (χ1) is 7.26. The third-order valence-corrected chi connectivity index (χ3v) is 4.29. The molecule has 15 heavy (non-hydrogen) atoms. The molecule has 2 rings (SSSR count). The summed E-state index contributed by atoms with van der Waals surface area (Å²) < 4.78 is 0. The van der Waals surface area contributed by atoms with Crippen LogP contribution < -0.4 is 5.32 Å². The van der Waals surface area contributed by atoms with Crippen molar-refractivity contribution in [2.24, 2.45) is 5.92 Å². The molecule has 0 aromatic carbocycles. The smallest absolute Gasteiger partial charge is 0.0252 e. The third-order valence-electron chi connectivity index (χ3n) is 4.29. The topological polar surface area (TPSA) is 15.3 Å². The van der Waals surface area contributed by atoms with E-state index in [1.807, 2.05) is 0 Å². The number of piperazine rings is 1. The molecule has 0 spiro atoms. The molecule has 3 unspecified atom stereocenters. The van der Waals surface area contributed by atoms with Gasteiger partial charge in [0.05, 0.1) is 0 Å². The highest BCUT2D eigenvalue weighted by Gasteiger charge is 2.39. The van der Waals surface area contributed by atoms with Crippen molar-refractivity contribution in [3.8, 4) is 0 Å².